The molecule has 0 saturated heterocycles. The molecule has 2 nitrogen and oxygen atoms in total. The lowest BCUT2D eigenvalue weighted by Gasteiger charge is -2.18. The van der Waals surface area contributed by atoms with Gasteiger partial charge in [0.05, 0.1) is 0 Å². The maximum atomic E-state index is 13.3. The van der Waals surface area contributed by atoms with Crippen molar-refractivity contribution in [3.63, 3.8) is 0 Å². The summed E-state index contributed by atoms with van der Waals surface area (Å²) in [6.45, 7) is 0.180. The van der Waals surface area contributed by atoms with Crippen LogP contribution in [0.1, 0.15) is 5.56 Å². The van der Waals surface area contributed by atoms with Gasteiger partial charge in [0.25, 0.3) is 0 Å². The highest BCUT2D eigenvalue weighted by Gasteiger charge is 2.08. The van der Waals surface area contributed by atoms with Crippen molar-refractivity contribution in [2.24, 2.45) is 5.73 Å². The summed E-state index contributed by atoms with van der Waals surface area (Å²) in [5.41, 5.74) is 7.08. The van der Waals surface area contributed by atoms with Crippen molar-refractivity contribution >= 4 is 19.0 Å². The number of rotatable bonds is 2. The summed E-state index contributed by atoms with van der Waals surface area (Å²) >= 11 is 0. The fourth-order valence-electron chi connectivity index (χ4n) is 1.24. The molecule has 0 aliphatic heterocycles. The van der Waals surface area contributed by atoms with Gasteiger partial charge in [-0.15, -0.1) is 0 Å². The minimum absolute atomic E-state index is 0.180. The summed E-state index contributed by atoms with van der Waals surface area (Å²) in [5.74, 6) is -0.341. The molecule has 0 bridgehead atoms. The normalized spacial score (nSPS) is 10.2. The van der Waals surface area contributed by atoms with Crippen LogP contribution in [0.2, 0.25) is 0 Å². The topological polar surface area (TPSA) is 29.3 Å². The van der Waals surface area contributed by atoms with Crippen LogP contribution in [0.25, 0.3) is 0 Å². The number of nitrogens with two attached hydrogens (primary N) is 1. The zero-order valence-electron chi connectivity index (χ0n) is 7.84. The van der Waals surface area contributed by atoms with Crippen LogP contribution in [0.15, 0.2) is 12.1 Å². The van der Waals surface area contributed by atoms with E-state index in [1.807, 2.05) is 14.1 Å². The molecule has 0 saturated carbocycles. The molecule has 0 fully saturated rings. The van der Waals surface area contributed by atoms with Gasteiger partial charge in [0.1, 0.15) is 13.7 Å². The van der Waals surface area contributed by atoms with E-state index < -0.39 is 0 Å². The molecular weight excluding hydrogens is 166 g/mol. The number of halogens is 1. The summed E-state index contributed by atoms with van der Waals surface area (Å²) in [6, 6.07) is 3.00. The highest BCUT2D eigenvalue weighted by Crippen LogP contribution is 2.19. The first kappa shape index (κ1) is 10.1. The lowest BCUT2D eigenvalue weighted by molar-refractivity contribution is 0.611. The van der Waals surface area contributed by atoms with Crippen molar-refractivity contribution in [1.82, 2.24) is 0 Å². The average Bonchev–Trinajstić information content (AvgIpc) is 2.02. The van der Waals surface area contributed by atoms with Crippen LogP contribution in [0.4, 0.5) is 10.1 Å². The molecular formula is C9H12BFN2. The van der Waals surface area contributed by atoms with Crippen LogP contribution in [0, 0.1) is 5.82 Å². The Bertz CT molecular complexity index is 313. The molecule has 2 N–H and O–H groups in total. The third-order valence-corrected chi connectivity index (χ3v) is 1.88. The maximum Gasteiger partial charge on any atom is 0.129 e. The number of hydrogen-bond acceptors (Lipinski definition) is 2. The van der Waals surface area contributed by atoms with E-state index >= 15 is 0 Å². The van der Waals surface area contributed by atoms with Crippen LogP contribution in [0.5, 0.6) is 0 Å². The first-order valence-corrected chi connectivity index (χ1v) is 4.01. The summed E-state index contributed by atoms with van der Waals surface area (Å²) in [5, 5.41) is 0. The summed E-state index contributed by atoms with van der Waals surface area (Å²) in [6.07, 6.45) is 0. The Hall–Kier alpha value is -1.03. The average molecular weight is 178 g/mol. The Kier molecular flexibility index (Phi) is 2.93. The van der Waals surface area contributed by atoms with Crippen molar-refractivity contribution in [2.75, 3.05) is 19.0 Å². The van der Waals surface area contributed by atoms with Gasteiger partial charge in [-0.25, -0.2) is 4.39 Å². The van der Waals surface area contributed by atoms with Gasteiger partial charge in [-0.05, 0) is 12.1 Å². The maximum absolute atomic E-state index is 13.3. The molecule has 0 aliphatic rings. The zero-order valence-corrected chi connectivity index (χ0v) is 7.84. The van der Waals surface area contributed by atoms with E-state index in [1.54, 1.807) is 11.0 Å². The minimum atomic E-state index is -0.341. The van der Waals surface area contributed by atoms with Crippen molar-refractivity contribution in [3.05, 3.63) is 23.5 Å². The molecule has 2 radical (unpaired) electrons. The molecule has 0 heterocycles. The molecule has 0 atom stereocenters. The second-order valence-corrected chi connectivity index (χ2v) is 3.10. The second kappa shape index (κ2) is 3.79. The Balaban J connectivity index is 3.29. The molecule has 1 rings (SSSR count). The lowest BCUT2D eigenvalue weighted by Crippen LogP contribution is -2.18. The fourth-order valence-corrected chi connectivity index (χ4v) is 1.24. The van der Waals surface area contributed by atoms with Gasteiger partial charge in [-0.1, -0.05) is 5.46 Å². The number of hydrogen-bond donors (Lipinski definition) is 1. The fraction of sp³-hybridized carbons (Fsp3) is 0.333. The minimum Gasteiger partial charge on any atom is -0.377 e. The summed E-state index contributed by atoms with van der Waals surface area (Å²) in [7, 11) is 9.17. The van der Waals surface area contributed by atoms with Gasteiger partial charge in [-0.2, -0.15) is 0 Å². The van der Waals surface area contributed by atoms with E-state index in [9.17, 15) is 4.39 Å². The summed E-state index contributed by atoms with van der Waals surface area (Å²) < 4.78 is 13.3. The van der Waals surface area contributed by atoms with Gasteiger partial charge in [0, 0.05) is 31.9 Å². The quantitative estimate of drug-likeness (QED) is 0.653. The first-order valence-electron chi connectivity index (χ1n) is 4.01. The molecule has 1 aromatic rings. The van der Waals surface area contributed by atoms with Crippen molar-refractivity contribution in [1.29, 1.82) is 0 Å². The molecule has 0 spiro atoms. The third kappa shape index (κ3) is 2.01. The van der Waals surface area contributed by atoms with Gasteiger partial charge < -0.3 is 10.6 Å². The molecule has 1 aromatic carbocycles. The Morgan fingerprint density at radius 2 is 2.08 bits per heavy atom. The molecule has 0 amide bonds. The zero-order chi connectivity index (χ0) is 10.0. The van der Waals surface area contributed by atoms with Crippen LogP contribution in [-0.4, -0.2) is 21.9 Å². The summed E-state index contributed by atoms with van der Waals surface area (Å²) in [4.78, 5) is 1.79. The first-order chi connectivity index (χ1) is 6.06. The van der Waals surface area contributed by atoms with E-state index in [2.05, 4.69) is 0 Å². The Morgan fingerprint density at radius 1 is 1.46 bits per heavy atom. The van der Waals surface area contributed by atoms with Gasteiger partial charge in [0.2, 0.25) is 0 Å². The highest BCUT2D eigenvalue weighted by atomic mass is 19.1. The van der Waals surface area contributed by atoms with E-state index in [1.165, 1.54) is 6.07 Å². The molecule has 0 unspecified atom stereocenters. The SMILES string of the molecule is [B]c1cc(F)c(CN)c(N(C)C)c1. The van der Waals surface area contributed by atoms with Crippen LogP contribution in [0.3, 0.4) is 0 Å². The van der Waals surface area contributed by atoms with Crippen LogP contribution >= 0.6 is 0 Å². The standard InChI is InChI=1S/C9H12BFN2/c1-13(2)9-4-6(10)3-8(11)7(9)5-12/h3-4H,5,12H2,1-2H3. The van der Waals surface area contributed by atoms with Gasteiger partial charge in [0.15, 0.2) is 0 Å². The molecule has 68 valence electrons. The van der Waals surface area contributed by atoms with Crippen LogP contribution < -0.4 is 16.1 Å². The van der Waals surface area contributed by atoms with E-state index in [4.69, 9.17) is 13.6 Å². The number of benzene rings is 1. The molecule has 4 heteroatoms. The molecule has 13 heavy (non-hydrogen) atoms. The van der Waals surface area contributed by atoms with Crippen molar-refractivity contribution < 1.29 is 4.39 Å². The second-order valence-electron chi connectivity index (χ2n) is 3.10. The highest BCUT2D eigenvalue weighted by molar-refractivity contribution is 6.32. The largest absolute Gasteiger partial charge is 0.377 e. The Morgan fingerprint density at radius 3 is 2.54 bits per heavy atom. The van der Waals surface area contributed by atoms with Crippen molar-refractivity contribution in [2.45, 2.75) is 6.54 Å². The van der Waals surface area contributed by atoms with E-state index in [0.717, 1.165) is 5.69 Å². The smallest absolute Gasteiger partial charge is 0.129 e. The van der Waals surface area contributed by atoms with Crippen molar-refractivity contribution in [3.8, 4) is 0 Å². The van der Waals surface area contributed by atoms with Crippen LogP contribution in [-0.2, 0) is 6.54 Å². The monoisotopic (exact) mass is 178 g/mol. The van der Waals surface area contributed by atoms with Gasteiger partial charge in [-0.3, -0.25) is 0 Å². The Labute approximate surface area is 78.9 Å². The van der Waals surface area contributed by atoms with Gasteiger partial charge >= 0.3 is 0 Å². The predicted octanol–water partition coefficient (Wildman–Crippen LogP) is 0.144. The van der Waals surface area contributed by atoms with E-state index in [-0.39, 0.29) is 12.4 Å². The molecule has 0 aromatic heterocycles. The third-order valence-electron chi connectivity index (χ3n) is 1.88. The lowest BCUT2D eigenvalue weighted by atomic mass is 9.93. The number of anilines is 1. The predicted molar refractivity (Wildman–Crippen MR) is 54.0 cm³/mol. The van der Waals surface area contributed by atoms with E-state index in [0.29, 0.717) is 11.0 Å². The molecule has 0 aliphatic carbocycles. The number of nitrogens with zero attached hydrogens (tertiary/aromatic N) is 1.